The van der Waals surface area contributed by atoms with Crippen molar-refractivity contribution in [2.24, 2.45) is 0 Å². The van der Waals surface area contributed by atoms with Crippen LogP contribution < -0.4 is 10.6 Å². The minimum Gasteiger partial charge on any atom is -0.326 e. The van der Waals surface area contributed by atoms with E-state index >= 15 is 0 Å². The molecule has 0 aliphatic carbocycles. The van der Waals surface area contributed by atoms with Gasteiger partial charge in [-0.2, -0.15) is 0 Å². The maximum absolute atomic E-state index is 13.3. The highest BCUT2D eigenvalue weighted by molar-refractivity contribution is 6.08. The van der Waals surface area contributed by atoms with Gasteiger partial charge in [0.15, 0.2) is 0 Å². The van der Waals surface area contributed by atoms with Crippen LogP contribution in [0.1, 0.15) is 6.42 Å². The Bertz CT molecular complexity index is 699. The Morgan fingerprint density at radius 1 is 0.864 bits per heavy atom. The summed E-state index contributed by atoms with van der Waals surface area (Å²) in [6, 6.07) is 8.21. The van der Waals surface area contributed by atoms with Crippen molar-refractivity contribution in [1.82, 2.24) is 0 Å². The van der Waals surface area contributed by atoms with Crippen molar-refractivity contribution in [2.75, 3.05) is 10.6 Å². The highest BCUT2D eigenvalue weighted by Gasteiger charge is 2.15. The third-order valence-electron chi connectivity index (χ3n) is 2.66. The minimum atomic E-state index is -0.945. The molecule has 0 spiro atoms. The normalized spacial score (nSPS) is 10.1. The van der Waals surface area contributed by atoms with E-state index in [1.807, 2.05) is 5.32 Å². The molecule has 7 heteroatoms. The summed E-state index contributed by atoms with van der Waals surface area (Å²) in [6.45, 7) is 0. The molecule has 0 aromatic heterocycles. The zero-order valence-electron chi connectivity index (χ0n) is 11.2. The van der Waals surface area contributed by atoms with Crippen LogP contribution in [0.15, 0.2) is 42.5 Å². The molecule has 2 N–H and O–H groups in total. The van der Waals surface area contributed by atoms with Crippen molar-refractivity contribution in [3.05, 3.63) is 59.9 Å². The SMILES string of the molecule is O=C(CC(=O)Nc1c(F)cccc1F)Nc1cccc(F)c1. The largest absolute Gasteiger partial charge is 0.326 e. The average Bonchev–Trinajstić information content (AvgIpc) is 2.43. The quantitative estimate of drug-likeness (QED) is 0.853. The van der Waals surface area contributed by atoms with Gasteiger partial charge in [-0.15, -0.1) is 0 Å². The van der Waals surface area contributed by atoms with Crippen LogP contribution in [-0.4, -0.2) is 11.8 Å². The third kappa shape index (κ3) is 4.08. The molecule has 0 atom stereocenters. The molecule has 0 aliphatic rings. The molecule has 0 saturated heterocycles. The van der Waals surface area contributed by atoms with E-state index in [1.54, 1.807) is 0 Å². The van der Waals surface area contributed by atoms with Gasteiger partial charge >= 0.3 is 0 Å². The van der Waals surface area contributed by atoms with E-state index in [1.165, 1.54) is 18.2 Å². The van der Waals surface area contributed by atoms with Gasteiger partial charge in [0.05, 0.1) is 0 Å². The molecule has 4 nitrogen and oxygen atoms in total. The van der Waals surface area contributed by atoms with E-state index in [-0.39, 0.29) is 5.69 Å². The number of halogens is 3. The lowest BCUT2D eigenvalue weighted by Gasteiger charge is -2.08. The lowest BCUT2D eigenvalue weighted by Crippen LogP contribution is -2.22. The van der Waals surface area contributed by atoms with Gasteiger partial charge < -0.3 is 10.6 Å². The van der Waals surface area contributed by atoms with Gasteiger partial charge in [-0.25, -0.2) is 13.2 Å². The fraction of sp³-hybridized carbons (Fsp3) is 0.0667. The number of para-hydroxylation sites is 1. The summed E-state index contributed by atoms with van der Waals surface area (Å²) in [4.78, 5) is 23.2. The first-order valence-electron chi connectivity index (χ1n) is 6.25. The van der Waals surface area contributed by atoms with Crippen LogP contribution >= 0.6 is 0 Å². The second-order valence-corrected chi connectivity index (χ2v) is 4.38. The van der Waals surface area contributed by atoms with E-state index in [0.717, 1.165) is 24.3 Å². The molecular weight excluding hydrogens is 297 g/mol. The molecule has 0 radical (unpaired) electrons. The monoisotopic (exact) mass is 308 g/mol. The van der Waals surface area contributed by atoms with Gasteiger partial charge in [0.2, 0.25) is 11.8 Å². The van der Waals surface area contributed by atoms with Gasteiger partial charge in [-0.1, -0.05) is 12.1 Å². The summed E-state index contributed by atoms with van der Waals surface area (Å²) in [6.07, 6.45) is -0.662. The van der Waals surface area contributed by atoms with E-state index in [4.69, 9.17) is 0 Å². The number of anilines is 2. The standard InChI is InChI=1S/C15H11F3N2O2/c16-9-3-1-4-10(7-9)19-13(21)8-14(22)20-15-11(17)5-2-6-12(15)18/h1-7H,8H2,(H,19,21)(H,20,22). The van der Waals surface area contributed by atoms with Crippen molar-refractivity contribution >= 4 is 23.2 Å². The summed E-state index contributed by atoms with van der Waals surface area (Å²) in [5, 5.41) is 4.28. The summed E-state index contributed by atoms with van der Waals surface area (Å²) >= 11 is 0. The topological polar surface area (TPSA) is 58.2 Å². The van der Waals surface area contributed by atoms with Crippen molar-refractivity contribution < 1.29 is 22.8 Å². The zero-order valence-corrected chi connectivity index (χ0v) is 11.2. The predicted molar refractivity (Wildman–Crippen MR) is 74.6 cm³/mol. The van der Waals surface area contributed by atoms with E-state index in [2.05, 4.69) is 5.32 Å². The van der Waals surface area contributed by atoms with E-state index in [0.29, 0.717) is 0 Å². The summed E-state index contributed by atoms with van der Waals surface area (Å²) < 4.78 is 39.6. The zero-order chi connectivity index (χ0) is 16.1. The van der Waals surface area contributed by atoms with Gasteiger partial charge in [-0.3, -0.25) is 9.59 Å². The Morgan fingerprint density at radius 2 is 1.45 bits per heavy atom. The average molecular weight is 308 g/mol. The number of carbonyl (C=O) groups is 2. The van der Waals surface area contributed by atoms with Crippen molar-refractivity contribution in [2.45, 2.75) is 6.42 Å². The van der Waals surface area contributed by atoms with Crippen molar-refractivity contribution in [3.8, 4) is 0 Å². The van der Waals surface area contributed by atoms with E-state index in [9.17, 15) is 22.8 Å². The van der Waals surface area contributed by atoms with Crippen molar-refractivity contribution in [3.63, 3.8) is 0 Å². The molecule has 0 fully saturated rings. The van der Waals surface area contributed by atoms with Crippen LogP contribution in [-0.2, 0) is 9.59 Å². The Kier molecular flexibility index (Phi) is 4.77. The third-order valence-corrected chi connectivity index (χ3v) is 2.66. The number of carbonyl (C=O) groups excluding carboxylic acids is 2. The highest BCUT2D eigenvalue weighted by atomic mass is 19.1. The maximum atomic E-state index is 13.3. The Balaban J connectivity index is 1.96. The first-order chi connectivity index (χ1) is 10.5. The van der Waals surface area contributed by atoms with Crippen LogP contribution in [0.4, 0.5) is 24.5 Å². The Morgan fingerprint density at radius 3 is 2.09 bits per heavy atom. The molecule has 0 aliphatic heterocycles. The number of benzene rings is 2. The van der Waals surface area contributed by atoms with Gasteiger partial charge in [0.25, 0.3) is 0 Å². The Labute approximate surface area is 124 Å². The second-order valence-electron chi connectivity index (χ2n) is 4.38. The fourth-order valence-electron chi connectivity index (χ4n) is 1.72. The smallest absolute Gasteiger partial charge is 0.233 e. The minimum absolute atomic E-state index is 0.176. The van der Waals surface area contributed by atoms with Gasteiger partial charge in [0.1, 0.15) is 29.6 Å². The van der Waals surface area contributed by atoms with E-state index < -0.39 is 41.4 Å². The van der Waals surface area contributed by atoms with Crippen LogP contribution in [0.5, 0.6) is 0 Å². The predicted octanol–water partition coefficient (Wildman–Crippen LogP) is 3.07. The maximum Gasteiger partial charge on any atom is 0.233 e. The molecule has 2 aromatic carbocycles. The summed E-state index contributed by atoms with van der Waals surface area (Å²) in [5.74, 6) is -4.06. The molecule has 114 valence electrons. The van der Waals surface area contributed by atoms with Crippen molar-refractivity contribution in [1.29, 1.82) is 0 Å². The number of hydrogen-bond donors (Lipinski definition) is 2. The molecule has 0 unspecified atom stereocenters. The first kappa shape index (κ1) is 15.6. The molecular formula is C15H11F3N2O2. The molecule has 0 saturated carbocycles. The molecule has 2 amide bonds. The molecule has 22 heavy (non-hydrogen) atoms. The highest BCUT2D eigenvalue weighted by Crippen LogP contribution is 2.18. The van der Waals surface area contributed by atoms with Crippen LogP contribution in [0.2, 0.25) is 0 Å². The number of rotatable bonds is 4. The lowest BCUT2D eigenvalue weighted by atomic mass is 10.2. The summed E-state index contributed by atoms with van der Waals surface area (Å²) in [7, 11) is 0. The molecule has 0 heterocycles. The fourth-order valence-corrected chi connectivity index (χ4v) is 1.72. The lowest BCUT2D eigenvalue weighted by molar-refractivity contribution is -0.123. The number of amides is 2. The van der Waals surface area contributed by atoms with Crippen LogP contribution in [0.25, 0.3) is 0 Å². The molecule has 0 bridgehead atoms. The number of hydrogen-bond acceptors (Lipinski definition) is 2. The second kappa shape index (κ2) is 6.75. The number of nitrogens with one attached hydrogen (secondary N) is 2. The summed E-state index contributed by atoms with van der Waals surface area (Å²) in [5.41, 5.74) is -0.444. The van der Waals surface area contributed by atoms with Gasteiger partial charge in [-0.05, 0) is 30.3 Å². The first-order valence-corrected chi connectivity index (χ1v) is 6.25. The molecule has 2 aromatic rings. The molecule has 2 rings (SSSR count). The van der Waals surface area contributed by atoms with Gasteiger partial charge in [0, 0.05) is 5.69 Å². The van der Waals surface area contributed by atoms with Crippen LogP contribution in [0, 0.1) is 17.5 Å². The Hall–Kier alpha value is -2.83. The van der Waals surface area contributed by atoms with Crippen LogP contribution in [0.3, 0.4) is 0 Å².